The van der Waals surface area contributed by atoms with Gasteiger partial charge in [-0.2, -0.15) is 0 Å². The summed E-state index contributed by atoms with van der Waals surface area (Å²) in [5, 5.41) is 7.14. The molecule has 4 heterocycles. The number of nitrogens with one attached hydrogen (secondary N) is 3. The zero-order valence-electron chi connectivity index (χ0n) is 30.0. The molecule has 4 aliphatic heterocycles. The summed E-state index contributed by atoms with van der Waals surface area (Å²) in [4.78, 5) is 14.6. The van der Waals surface area contributed by atoms with E-state index in [1.165, 1.54) is 42.5 Å². The number of rotatable bonds is 13. The van der Waals surface area contributed by atoms with Crippen LogP contribution in [0.1, 0.15) is 106 Å². The summed E-state index contributed by atoms with van der Waals surface area (Å²) in [6, 6.07) is 0.174. The van der Waals surface area contributed by atoms with Crippen molar-refractivity contribution < 1.29 is 18.3 Å². The Bertz CT molecular complexity index is 1110. The molecule has 0 aliphatic carbocycles. The average molecular weight is 634 g/mol. The number of amides is 1. The molecule has 7 N–H and O–H groups in total. The number of quaternary nitrogens is 2. The van der Waals surface area contributed by atoms with Crippen molar-refractivity contribution in [3.05, 3.63) is 22.5 Å². The van der Waals surface area contributed by atoms with E-state index in [2.05, 4.69) is 71.7 Å². The van der Waals surface area contributed by atoms with Gasteiger partial charge in [-0.05, 0) is 57.4 Å². The van der Waals surface area contributed by atoms with Gasteiger partial charge in [0.05, 0.1) is 39.0 Å². The van der Waals surface area contributed by atoms with Crippen LogP contribution in [0.3, 0.4) is 0 Å². The minimum absolute atomic E-state index is 0.0973. The molecule has 0 saturated carbocycles. The molecule has 8 nitrogen and oxygen atoms in total. The summed E-state index contributed by atoms with van der Waals surface area (Å²) in [5.41, 5.74) is 21.9. The highest BCUT2D eigenvalue weighted by Gasteiger charge is 2.58. The summed E-state index contributed by atoms with van der Waals surface area (Å²) in [6.07, 6.45) is 8.69. The summed E-state index contributed by atoms with van der Waals surface area (Å²) < 4.78 is 16.5. The van der Waals surface area contributed by atoms with E-state index >= 15 is 4.39 Å². The molecule has 4 rings (SSSR count). The lowest BCUT2D eigenvalue weighted by Crippen LogP contribution is -2.62. The first-order valence-electron chi connectivity index (χ1n) is 18.3. The van der Waals surface area contributed by atoms with E-state index < -0.39 is 18.3 Å². The molecule has 8 atom stereocenters. The topological polar surface area (TPSA) is 105 Å². The molecule has 0 radical (unpaired) electrons. The molecule has 0 aromatic carbocycles. The standard InChI is InChI=1S/C36H67FN7O/c1-9-12-13-14-16-26-20-40-21-28(31(26)30-25(6)42-44(8,11-3)33(30)24(4)5)41-35(45)32(34(38)39)29-19-36(10-2)18-15-17-27(37)22-43(29,7)23-36/h24,26-27,29,32-34,40,42H,9-23,38-39H2,1-8H3/q+1/p+1. The lowest BCUT2D eigenvalue weighted by Gasteiger charge is -2.42. The second-order valence-corrected chi connectivity index (χ2v) is 16.0. The van der Waals surface area contributed by atoms with Crippen LogP contribution in [-0.4, -0.2) is 86.2 Å². The first-order valence-corrected chi connectivity index (χ1v) is 18.3. The van der Waals surface area contributed by atoms with Crippen molar-refractivity contribution in [1.29, 1.82) is 0 Å². The molecule has 8 unspecified atom stereocenters. The SMILES string of the molecule is CCCCCCC1CNCC(NC(=O)C(C(N)N)C2CC3(CC)CCCC(F)C[N+]2(C)C3)=C1C1=C(C)N[N+](C)(CC)C1C(C)C. The van der Waals surface area contributed by atoms with Crippen LogP contribution in [-0.2, 0) is 4.79 Å². The summed E-state index contributed by atoms with van der Waals surface area (Å²) in [7, 11) is 4.45. The molecule has 258 valence electrons. The number of carbonyl (C=O) groups is 1. The van der Waals surface area contributed by atoms with E-state index in [1.54, 1.807) is 0 Å². The second kappa shape index (κ2) is 14.7. The van der Waals surface area contributed by atoms with Gasteiger partial charge in [-0.15, -0.1) is 0 Å². The molecular formula is C36H68FN7O+2. The number of carbonyl (C=O) groups excluding carboxylic acids is 1. The van der Waals surface area contributed by atoms with Crippen LogP contribution >= 0.6 is 0 Å². The van der Waals surface area contributed by atoms with Gasteiger partial charge in [0.15, 0.2) is 0 Å². The van der Waals surface area contributed by atoms with Crippen molar-refractivity contribution in [3.63, 3.8) is 0 Å². The van der Waals surface area contributed by atoms with Crippen LogP contribution in [0.4, 0.5) is 4.39 Å². The number of likely N-dealkylation sites (N-methyl/N-ethyl adjacent to an activating group) is 1. The summed E-state index contributed by atoms with van der Waals surface area (Å²) in [6.45, 7) is 17.4. The second-order valence-electron chi connectivity index (χ2n) is 16.0. The van der Waals surface area contributed by atoms with Gasteiger partial charge >= 0.3 is 0 Å². The van der Waals surface area contributed by atoms with Crippen LogP contribution < -0.4 is 27.5 Å². The Hall–Kier alpha value is -1.52. The fraction of sp³-hybridized carbons (Fsp3) is 0.861. The number of hydrogen-bond acceptors (Lipinski definition) is 5. The summed E-state index contributed by atoms with van der Waals surface area (Å²) in [5.74, 6) is 0.0395. The minimum atomic E-state index is -0.864. The molecule has 2 bridgehead atoms. The van der Waals surface area contributed by atoms with E-state index in [0.29, 0.717) is 35.8 Å². The number of nitrogens with zero attached hydrogens (tertiary/aromatic N) is 2. The van der Waals surface area contributed by atoms with Gasteiger partial charge in [-0.25, -0.2) is 14.4 Å². The maximum absolute atomic E-state index is 15.2. The van der Waals surface area contributed by atoms with Crippen molar-refractivity contribution in [3.8, 4) is 0 Å². The largest absolute Gasteiger partial charge is 0.328 e. The normalized spacial score (nSPS) is 36.4. The highest BCUT2D eigenvalue weighted by atomic mass is 19.1. The fourth-order valence-corrected chi connectivity index (χ4v) is 10.0. The predicted octanol–water partition coefficient (Wildman–Crippen LogP) is 4.83. The van der Waals surface area contributed by atoms with Crippen molar-refractivity contribution in [2.75, 3.05) is 46.8 Å². The number of alkyl halides is 1. The van der Waals surface area contributed by atoms with Crippen LogP contribution in [0.25, 0.3) is 0 Å². The zero-order chi connectivity index (χ0) is 33.2. The Kier molecular flexibility index (Phi) is 11.9. The smallest absolute Gasteiger partial charge is 0.236 e. The van der Waals surface area contributed by atoms with Crippen LogP contribution in [0, 0.1) is 23.2 Å². The maximum Gasteiger partial charge on any atom is 0.236 e. The molecule has 45 heavy (non-hydrogen) atoms. The number of halogens is 1. The molecule has 0 aromatic heterocycles. The maximum atomic E-state index is 15.2. The van der Waals surface area contributed by atoms with Gasteiger partial charge in [0.25, 0.3) is 0 Å². The van der Waals surface area contributed by atoms with E-state index in [9.17, 15) is 4.79 Å². The zero-order valence-corrected chi connectivity index (χ0v) is 30.0. The first-order chi connectivity index (χ1) is 21.2. The van der Waals surface area contributed by atoms with Crippen molar-refractivity contribution in [2.24, 2.45) is 34.6 Å². The van der Waals surface area contributed by atoms with Gasteiger partial charge in [-0.3, -0.25) is 4.79 Å². The molecule has 0 spiro atoms. The van der Waals surface area contributed by atoms with Gasteiger partial charge in [0.2, 0.25) is 5.91 Å². The number of unbranched alkanes of at least 4 members (excludes halogenated alkanes) is 3. The monoisotopic (exact) mass is 634 g/mol. The third-order valence-electron chi connectivity index (χ3n) is 12.3. The Labute approximate surface area is 274 Å². The lowest BCUT2D eigenvalue weighted by atomic mass is 9.76. The molecule has 4 aliphatic rings. The molecule has 1 amide bonds. The van der Waals surface area contributed by atoms with Gasteiger partial charge in [0, 0.05) is 42.1 Å². The number of fused-ring (bicyclic) bond motifs is 2. The first kappa shape index (κ1) is 36.3. The molecular weight excluding hydrogens is 565 g/mol. The van der Waals surface area contributed by atoms with Crippen molar-refractivity contribution in [2.45, 2.75) is 130 Å². The van der Waals surface area contributed by atoms with Crippen molar-refractivity contribution >= 4 is 5.91 Å². The number of hydrogen-bond donors (Lipinski definition) is 5. The van der Waals surface area contributed by atoms with Crippen LogP contribution in [0.5, 0.6) is 0 Å². The summed E-state index contributed by atoms with van der Waals surface area (Å²) >= 11 is 0. The van der Waals surface area contributed by atoms with Gasteiger partial charge in [-0.1, -0.05) is 53.4 Å². The Morgan fingerprint density at radius 1 is 1.13 bits per heavy atom. The minimum Gasteiger partial charge on any atom is -0.328 e. The predicted molar refractivity (Wildman–Crippen MR) is 183 cm³/mol. The van der Waals surface area contributed by atoms with Crippen LogP contribution in [0.2, 0.25) is 0 Å². The Morgan fingerprint density at radius 3 is 2.49 bits per heavy atom. The number of nitrogens with two attached hydrogens (primary N) is 2. The van der Waals surface area contributed by atoms with E-state index in [1.807, 2.05) is 0 Å². The molecule has 9 heteroatoms. The Balaban J connectivity index is 1.74. The molecule has 2 fully saturated rings. The molecule has 2 saturated heterocycles. The van der Waals surface area contributed by atoms with E-state index in [-0.39, 0.29) is 23.4 Å². The van der Waals surface area contributed by atoms with Gasteiger partial charge < -0.3 is 26.6 Å². The quantitative estimate of drug-likeness (QED) is 0.114. The van der Waals surface area contributed by atoms with E-state index in [4.69, 9.17) is 11.5 Å². The van der Waals surface area contributed by atoms with Gasteiger partial charge in [0.1, 0.15) is 30.7 Å². The highest BCUT2D eigenvalue weighted by molar-refractivity contribution is 5.82. The number of allylic oxidation sites excluding steroid dienone is 1. The van der Waals surface area contributed by atoms with E-state index in [0.717, 1.165) is 62.0 Å². The lowest BCUT2D eigenvalue weighted by molar-refractivity contribution is -0.960. The fourth-order valence-electron chi connectivity index (χ4n) is 10.0. The van der Waals surface area contributed by atoms with Crippen LogP contribution in [0.15, 0.2) is 22.5 Å². The molecule has 0 aromatic rings. The highest BCUT2D eigenvalue weighted by Crippen LogP contribution is 2.49. The third-order valence-corrected chi connectivity index (χ3v) is 12.3. The Morgan fingerprint density at radius 2 is 1.87 bits per heavy atom. The average Bonchev–Trinajstić information content (AvgIpc) is 3.41. The third kappa shape index (κ3) is 7.48. The van der Waals surface area contributed by atoms with Crippen molar-refractivity contribution in [1.82, 2.24) is 16.1 Å².